The van der Waals surface area contributed by atoms with Crippen molar-refractivity contribution in [3.8, 4) is 0 Å². The first-order chi connectivity index (χ1) is 5.86. The monoisotopic (exact) mass is 170 g/mol. The highest BCUT2D eigenvalue weighted by Crippen LogP contribution is 2.03. The maximum absolute atomic E-state index is 8.56. The smallest absolute Gasteiger partial charge is 0.194 e. The summed E-state index contributed by atoms with van der Waals surface area (Å²) in [6, 6.07) is 0. The van der Waals surface area contributed by atoms with Gasteiger partial charge in [0.05, 0.1) is 5.69 Å². The van der Waals surface area contributed by atoms with Gasteiger partial charge in [-0.3, -0.25) is 0 Å². The van der Waals surface area contributed by atoms with E-state index >= 15 is 0 Å². The number of oxazole rings is 1. The first-order valence-electron chi connectivity index (χ1n) is 4.05. The highest BCUT2D eigenvalue weighted by Gasteiger charge is 2.01. The van der Waals surface area contributed by atoms with Crippen LogP contribution in [0.5, 0.6) is 0 Å². The van der Waals surface area contributed by atoms with Crippen molar-refractivity contribution in [1.82, 2.24) is 10.3 Å². The van der Waals surface area contributed by atoms with E-state index in [-0.39, 0.29) is 6.61 Å². The van der Waals surface area contributed by atoms with Crippen LogP contribution in [0, 0.1) is 0 Å². The van der Waals surface area contributed by atoms with Gasteiger partial charge >= 0.3 is 0 Å². The van der Waals surface area contributed by atoms with Crippen molar-refractivity contribution in [1.29, 1.82) is 0 Å². The highest BCUT2D eigenvalue weighted by molar-refractivity contribution is 4.95. The van der Waals surface area contributed by atoms with Crippen LogP contribution in [0.2, 0.25) is 0 Å². The topological polar surface area (TPSA) is 58.3 Å². The van der Waals surface area contributed by atoms with Gasteiger partial charge in [0.2, 0.25) is 0 Å². The lowest BCUT2D eigenvalue weighted by atomic mass is 10.3. The third-order valence-electron chi connectivity index (χ3n) is 1.51. The Morgan fingerprint density at radius 2 is 2.50 bits per heavy atom. The lowest BCUT2D eigenvalue weighted by molar-refractivity contribution is 0.283. The lowest BCUT2D eigenvalue weighted by Gasteiger charge is -1.90. The number of rotatable bonds is 5. The van der Waals surface area contributed by atoms with Gasteiger partial charge in [-0.25, -0.2) is 4.98 Å². The fraction of sp³-hybridized carbons (Fsp3) is 0.625. The van der Waals surface area contributed by atoms with Crippen molar-refractivity contribution in [3.05, 3.63) is 17.8 Å². The van der Waals surface area contributed by atoms with Crippen LogP contribution in [-0.2, 0) is 13.0 Å². The number of aliphatic hydroxyl groups excluding tert-OH is 1. The van der Waals surface area contributed by atoms with Crippen LogP contribution in [0.3, 0.4) is 0 Å². The molecule has 1 rings (SSSR count). The van der Waals surface area contributed by atoms with Gasteiger partial charge in [0, 0.05) is 19.6 Å². The molecule has 4 nitrogen and oxygen atoms in total. The van der Waals surface area contributed by atoms with Crippen LogP contribution in [0.1, 0.15) is 18.0 Å². The largest absolute Gasteiger partial charge is 0.449 e. The molecule has 0 bridgehead atoms. The Morgan fingerprint density at radius 3 is 3.17 bits per heavy atom. The molecule has 0 radical (unpaired) electrons. The quantitative estimate of drug-likeness (QED) is 0.668. The Labute approximate surface area is 71.6 Å². The molecule has 0 unspecified atom stereocenters. The van der Waals surface area contributed by atoms with E-state index in [0.717, 1.165) is 12.2 Å². The predicted molar refractivity (Wildman–Crippen MR) is 44.7 cm³/mol. The SMILES string of the molecule is CNCc1coc(CCCO)n1. The van der Waals surface area contributed by atoms with Crippen molar-refractivity contribution in [3.63, 3.8) is 0 Å². The molecule has 0 aliphatic heterocycles. The first kappa shape index (κ1) is 9.22. The third kappa shape index (κ3) is 2.64. The number of hydrogen-bond donors (Lipinski definition) is 2. The van der Waals surface area contributed by atoms with Gasteiger partial charge in [-0.1, -0.05) is 0 Å². The van der Waals surface area contributed by atoms with Crippen molar-refractivity contribution >= 4 is 0 Å². The van der Waals surface area contributed by atoms with Crippen molar-refractivity contribution < 1.29 is 9.52 Å². The number of aryl methyl sites for hydroxylation is 1. The molecule has 0 saturated heterocycles. The molecular weight excluding hydrogens is 156 g/mol. The zero-order valence-electron chi connectivity index (χ0n) is 7.21. The van der Waals surface area contributed by atoms with E-state index < -0.39 is 0 Å². The molecule has 0 saturated carbocycles. The van der Waals surface area contributed by atoms with Crippen LogP contribution >= 0.6 is 0 Å². The number of nitrogens with zero attached hydrogens (tertiary/aromatic N) is 1. The van der Waals surface area contributed by atoms with E-state index in [1.165, 1.54) is 0 Å². The Morgan fingerprint density at radius 1 is 1.67 bits per heavy atom. The van der Waals surface area contributed by atoms with Crippen molar-refractivity contribution in [2.75, 3.05) is 13.7 Å². The molecule has 1 aromatic heterocycles. The van der Waals surface area contributed by atoms with Crippen molar-refractivity contribution in [2.24, 2.45) is 0 Å². The molecule has 2 N–H and O–H groups in total. The Kier molecular flexibility index (Phi) is 3.76. The summed E-state index contributed by atoms with van der Waals surface area (Å²) in [6.07, 6.45) is 3.06. The van der Waals surface area contributed by atoms with Crippen LogP contribution in [0.25, 0.3) is 0 Å². The fourth-order valence-corrected chi connectivity index (χ4v) is 0.956. The molecule has 0 aromatic carbocycles. The summed E-state index contributed by atoms with van der Waals surface area (Å²) in [4.78, 5) is 4.20. The second kappa shape index (κ2) is 4.90. The Balaban J connectivity index is 2.41. The summed E-state index contributed by atoms with van der Waals surface area (Å²) in [5, 5.41) is 11.5. The zero-order chi connectivity index (χ0) is 8.81. The highest BCUT2D eigenvalue weighted by atomic mass is 16.3. The average Bonchev–Trinajstić information content (AvgIpc) is 2.50. The zero-order valence-corrected chi connectivity index (χ0v) is 7.21. The first-order valence-corrected chi connectivity index (χ1v) is 4.05. The van der Waals surface area contributed by atoms with E-state index in [2.05, 4.69) is 10.3 Å². The summed E-state index contributed by atoms with van der Waals surface area (Å²) >= 11 is 0. The van der Waals surface area contributed by atoms with Crippen LogP contribution < -0.4 is 5.32 Å². The van der Waals surface area contributed by atoms with Crippen LogP contribution in [0.15, 0.2) is 10.7 Å². The van der Waals surface area contributed by atoms with Gasteiger partial charge in [-0.15, -0.1) is 0 Å². The fourth-order valence-electron chi connectivity index (χ4n) is 0.956. The minimum atomic E-state index is 0.184. The summed E-state index contributed by atoms with van der Waals surface area (Å²) in [5.41, 5.74) is 0.908. The second-order valence-electron chi connectivity index (χ2n) is 2.59. The summed E-state index contributed by atoms with van der Waals surface area (Å²) < 4.78 is 5.16. The van der Waals surface area contributed by atoms with Gasteiger partial charge in [0.25, 0.3) is 0 Å². The number of nitrogens with one attached hydrogen (secondary N) is 1. The molecule has 4 heteroatoms. The molecule has 0 fully saturated rings. The molecule has 0 atom stereocenters. The molecule has 12 heavy (non-hydrogen) atoms. The molecule has 1 aromatic rings. The van der Waals surface area contributed by atoms with Crippen molar-refractivity contribution in [2.45, 2.75) is 19.4 Å². The van der Waals surface area contributed by atoms with Gasteiger partial charge in [-0.05, 0) is 13.5 Å². The van der Waals surface area contributed by atoms with E-state index in [9.17, 15) is 0 Å². The van der Waals surface area contributed by atoms with Crippen LogP contribution in [0.4, 0.5) is 0 Å². The van der Waals surface area contributed by atoms with E-state index in [1.54, 1.807) is 6.26 Å². The van der Waals surface area contributed by atoms with Crippen LogP contribution in [-0.4, -0.2) is 23.7 Å². The molecule has 0 spiro atoms. The molecular formula is C8H14N2O2. The minimum Gasteiger partial charge on any atom is -0.449 e. The molecule has 0 aliphatic rings. The van der Waals surface area contributed by atoms with E-state index in [0.29, 0.717) is 18.7 Å². The molecule has 1 heterocycles. The van der Waals surface area contributed by atoms with Gasteiger partial charge < -0.3 is 14.8 Å². The van der Waals surface area contributed by atoms with Gasteiger partial charge in [0.15, 0.2) is 5.89 Å². The maximum Gasteiger partial charge on any atom is 0.194 e. The standard InChI is InChI=1S/C8H14N2O2/c1-9-5-7-6-12-8(10-7)3-2-4-11/h6,9,11H,2-5H2,1H3. The molecule has 0 aliphatic carbocycles. The molecule has 0 amide bonds. The predicted octanol–water partition coefficient (Wildman–Crippen LogP) is 0.319. The van der Waals surface area contributed by atoms with E-state index in [1.807, 2.05) is 7.05 Å². The third-order valence-corrected chi connectivity index (χ3v) is 1.51. The summed E-state index contributed by atoms with van der Waals surface area (Å²) in [6.45, 7) is 0.909. The number of hydrogen-bond acceptors (Lipinski definition) is 4. The Bertz CT molecular complexity index is 223. The van der Waals surface area contributed by atoms with E-state index in [4.69, 9.17) is 9.52 Å². The number of aliphatic hydroxyl groups is 1. The molecule has 68 valence electrons. The summed E-state index contributed by atoms with van der Waals surface area (Å²) in [5.74, 6) is 0.703. The minimum absolute atomic E-state index is 0.184. The maximum atomic E-state index is 8.56. The number of aromatic nitrogens is 1. The second-order valence-corrected chi connectivity index (χ2v) is 2.59. The summed E-state index contributed by atoms with van der Waals surface area (Å²) in [7, 11) is 1.86. The Hall–Kier alpha value is -0.870. The van der Waals surface area contributed by atoms with Gasteiger partial charge in [-0.2, -0.15) is 0 Å². The lowest BCUT2D eigenvalue weighted by Crippen LogP contribution is -2.05. The van der Waals surface area contributed by atoms with Gasteiger partial charge in [0.1, 0.15) is 6.26 Å². The normalized spacial score (nSPS) is 10.5. The average molecular weight is 170 g/mol.